The Kier molecular flexibility index (Phi) is 8.11. The van der Waals surface area contributed by atoms with E-state index in [0.717, 1.165) is 44.2 Å². The minimum absolute atomic E-state index is 0.203. The van der Waals surface area contributed by atoms with E-state index >= 15 is 0 Å². The van der Waals surface area contributed by atoms with Crippen molar-refractivity contribution in [2.24, 2.45) is 5.92 Å². The van der Waals surface area contributed by atoms with Crippen LogP contribution in [-0.2, 0) is 16.0 Å². The topological polar surface area (TPSA) is 79.9 Å². The molecule has 1 aliphatic heterocycles. The van der Waals surface area contributed by atoms with Gasteiger partial charge in [0.2, 0.25) is 5.91 Å². The molecule has 7 nitrogen and oxygen atoms in total. The summed E-state index contributed by atoms with van der Waals surface area (Å²) in [6.07, 6.45) is 4.88. The minimum atomic E-state index is -0.316. The van der Waals surface area contributed by atoms with E-state index in [2.05, 4.69) is 28.8 Å². The van der Waals surface area contributed by atoms with Gasteiger partial charge in [0, 0.05) is 26.1 Å². The fourth-order valence-corrected chi connectivity index (χ4v) is 3.04. The molecule has 28 heavy (non-hydrogen) atoms. The van der Waals surface area contributed by atoms with Crippen LogP contribution in [0.2, 0.25) is 0 Å². The fourth-order valence-electron chi connectivity index (χ4n) is 3.04. The number of urea groups is 1. The molecule has 1 heterocycles. The molecule has 2 fully saturated rings. The molecular formula is C21H31N3O4. The van der Waals surface area contributed by atoms with Crippen LogP contribution in [0.3, 0.4) is 0 Å². The Morgan fingerprint density at radius 1 is 1.18 bits per heavy atom. The maximum absolute atomic E-state index is 11.6. The highest BCUT2D eigenvalue weighted by Gasteiger charge is 2.22. The first-order chi connectivity index (χ1) is 13.7. The van der Waals surface area contributed by atoms with Crippen LogP contribution in [0.25, 0.3) is 0 Å². The van der Waals surface area contributed by atoms with E-state index in [4.69, 9.17) is 9.47 Å². The van der Waals surface area contributed by atoms with Gasteiger partial charge in [-0.3, -0.25) is 10.1 Å². The van der Waals surface area contributed by atoms with E-state index in [1.54, 1.807) is 4.90 Å². The summed E-state index contributed by atoms with van der Waals surface area (Å²) >= 11 is 0. The first-order valence-electron chi connectivity index (χ1n) is 10.3. The summed E-state index contributed by atoms with van der Waals surface area (Å²) in [5.41, 5.74) is 1.29. The maximum Gasteiger partial charge on any atom is 0.324 e. The Labute approximate surface area is 166 Å². The predicted molar refractivity (Wildman–Crippen MR) is 106 cm³/mol. The van der Waals surface area contributed by atoms with Crippen LogP contribution in [0.1, 0.15) is 31.2 Å². The highest BCUT2D eigenvalue weighted by Crippen LogP contribution is 2.29. The normalized spacial score (nSPS) is 16.9. The number of hydrogen-bond donors (Lipinski definition) is 2. The SMILES string of the molecule is O=C1CCN(CCOCCCNCCc2cccc(OCC3CC3)c2)C(=O)N1. The van der Waals surface area contributed by atoms with Crippen molar-refractivity contribution in [2.45, 2.75) is 32.1 Å². The Morgan fingerprint density at radius 2 is 2.07 bits per heavy atom. The Balaban J connectivity index is 1.17. The molecule has 1 saturated carbocycles. The average molecular weight is 389 g/mol. The largest absolute Gasteiger partial charge is 0.493 e. The summed E-state index contributed by atoms with van der Waals surface area (Å²) in [5.74, 6) is 1.55. The summed E-state index contributed by atoms with van der Waals surface area (Å²) in [6, 6.07) is 8.05. The first kappa shape index (κ1) is 20.6. The third-order valence-electron chi connectivity index (χ3n) is 4.96. The molecule has 7 heteroatoms. The van der Waals surface area contributed by atoms with Crippen molar-refractivity contribution in [2.75, 3.05) is 46.0 Å². The number of nitrogens with zero attached hydrogens (tertiary/aromatic N) is 1. The molecule has 0 aromatic heterocycles. The first-order valence-corrected chi connectivity index (χ1v) is 10.3. The van der Waals surface area contributed by atoms with Gasteiger partial charge in [0.05, 0.1) is 13.2 Å². The lowest BCUT2D eigenvalue weighted by molar-refractivity contribution is -0.121. The zero-order valence-corrected chi connectivity index (χ0v) is 16.5. The highest BCUT2D eigenvalue weighted by molar-refractivity contribution is 5.96. The van der Waals surface area contributed by atoms with E-state index in [-0.39, 0.29) is 11.9 Å². The van der Waals surface area contributed by atoms with Gasteiger partial charge in [-0.25, -0.2) is 4.79 Å². The molecular weight excluding hydrogens is 358 g/mol. The fraction of sp³-hybridized carbons (Fsp3) is 0.619. The van der Waals surface area contributed by atoms with Crippen LogP contribution >= 0.6 is 0 Å². The van der Waals surface area contributed by atoms with Crippen molar-refractivity contribution in [1.82, 2.24) is 15.5 Å². The van der Waals surface area contributed by atoms with Crippen molar-refractivity contribution in [3.8, 4) is 5.75 Å². The summed E-state index contributed by atoms with van der Waals surface area (Å²) in [7, 11) is 0. The number of rotatable bonds is 13. The molecule has 3 amide bonds. The van der Waals surface area contributed by atoms with Crippen molar-refractivity contribution in [1.29, 1.82) is 0 Å². The lowest BCUT2D eigenvalue weighted by Gasteiger charge is -2.26. The van der Waals surface area contributed by atoms with Crippen LogP contribution in [0.5, 0.6) is 5.75 Å². The number of ether oxygens (including phenoxy) is 2. The van der Waals surface area contributed by atoms with Crippen molar-refractivity contribution >= 4 is 11.9 Å². The molecule has 1 saturated heterocycles. The van der Waals surface area contributed by atoms with Crippen LogP contribution in [0.15, 0.2) is 24.3 Å². The van der Waals surface area contributed by atoms with Crippen molar-refractivity contribution in [3.63, 3.8) is 0 Å². The lowest BCUT2D eigenvalue weighted by atomic mass is 10.1. The Hall–Kier alpha value is -2.12. The van der Waals surface area contributed by atoms with E-state index in [1.807, 2.05) is 6.07 Å². The summed E-state index contributed by atoms with van der Waals surface area (Å²) in [5, 5.41) is 5.74. The van der Waals surface area contributed by atoms with Gasteiger partial charge in [-0.05, 0) is 62.4 Å². The molecule has 154 valence electrons. The number of nitrogens with one attached hydrogen (secondary N) is 2. The summed E-state index contributed by atoms with van der Waals surface area (Å²) in [6.45, 7) is 4.82. The smallest absolute Gasteiger partial charge is 0.324 e. The quantitative estimate of drug-likeness (QED) is 0.504. The second-order valence-corrected chi connectivity index (χ2v) is 7.46. The van der Waals surface area contributed by atoms with E-state index in [9.17, 15) is 9.59 Å². The number of hydrogen-bond acceptors (Lipinski definition) is 5. The molecule has 1 aromatic rings. The van der Waals surface area contributed by atoms with Crippen molar-refractivity contribution < 1.29 is 19.1 Å². The molecule has 0 radical (unpaired) electrons. The van der Waals surface area contributed by atoms with Gasteiger partial charge in [0.15, 0.2) is 0 Å². The molecule has 3 rings (SSSR count). The maximum atomic E-state index is 11.6. The molecule has 0 unspecified atom stereocenters. The van der Waals surface area contributed by atoms with Crippen LogP contribution in [0.4, 0.5) is 4.79 Å². The zero-order valence-electron chi connectivity index (χ0n) is 16.5. The lowest BCUT2D eigenvalue weighted by Crippen LogP contribution is -2.50. The molecule has 1 aromatic carbocycles. The number of amides is 3. The molecule has 2 aliphatic rings. The average Bonchev–Trinajstić information content (AvgIpc) is 3.51. The van der Waals surface area contributed by atoms with Gasteiger partial charge >= 0.3 is 6.03 Å². The molecule has 0 spiro atoms. The van der Waals surface area contributed by atoms with Crippen LogP contribution in [-0.4, -0.2) is 62.8 Å². The van der Waals surface area contributed by atoms with Gasteiger partial charge in [-0.1, -0.05) is 12.1 Å². The van der Waals surface area contributed by atoms with Gasteiger partial charge in [0.25, 0.3) is 0 Å². The molecule has 1 aliphatic carbocycles. The van der Waals surface area contributed by atoms with Crippen LogP contribution in [0, 0.1) is 5.92 Å². The summed E-state index contributed by atoms with van der Waals surface area (Å²) < 4.78 is 11.4. The predicted octanol–water partition coefficient (Wildman–Crippen LogP) is 1.96. The highest BCUT2D eigenvalue weighted by atomic mass is 16.5. The molecule has 0 bridgehead atoms. The monoisotopic (exact) mass is 389 g/mol. The number of carbonyl (C=O) groups is 2. The molecule has 0 atom stereocenters. The second-order valence-electron chi connectivity index (χ2n) is 7.46. The van der Waals surface area contributed by atoms with E-state index < -0.39 is 0 Å². The standard InChI is InChI=1S/C21H31N3O4/c25-20-8-11-24(21(26)23-20)12-14-27-13-2-9-22-10-7-17-3-1-4-19(15-17)28-16-18-5-6-18/h1,3-4,15,18,22H,2,5-14,16H2,(H,23,25,26). The Bertz CT molecular complexity index is 648. The van der Waals surface area contributed by atoms with Gasteiger partial charge in [-0.2, -0.15) is 0 Å². The number of benzene rings is 1. The number of carbonyl (C=O) groups excluding carboxylic acids is 2. The molecule has 2 N–H and O–H groups in total. The zero-order chi connectivity index (χ0) is 19.6. The van der Waals surface area contributed by atoms with E-state index in [0.29, 0.717) is 32.7 Å². The third-order valence-corrected chi connectivity index (χ3v) is 4.96. The van der Waals surface area contributed by atoms with Crippen molar-refractivity contribution in [3.05, 3.63) is 29.8 Å². The minimum Gasteiger partial charge on any atom is -0.493 e. The van der Waals surface area contributed by atoms with Gasteiger partial charge in [0.1, 0.15) is 5.75 Å². The van der Waals surface area contributed by atoms with E-state index in [1.165, 1.54) is 18.4 Å². The second kappa shape index (κ2) is 11.0. The third kappa shape index (κ3) is 7.48. The Morgan fingerprint density at radius 3 is 2.89 bits per heavy atom. The van der Waals surface area contributed by atoms with Gasteiger partial charge < -0.3 is 19.7 Å². The summed E-state index contributed by atoms with van der Waals surface area (Å²) in [4.78, 5) is 24.3. The number of imide groups is 1. The van der Waals surface area contributed by atoms with Crippen LogP contribution < -0.4 is 15.4 Å². The van der Waals surface area contributed by atoms with Gasteiger partial charge in [-0.15, -0.1) is 0 Å².